The second-order valence-corrected chi connectivity index (χ2v) is 7.15. The largest absolute Gasteiger partial charge is 0.348 e. The Bertz CT molecular complexity index is 1370. The zero-order chi connectivity index (χ0) is 21.2. The molecule has 5 aromatic rings. The number of aromatic amines is 2. The maximum Gasteiger partial charge on any atom is 0.251 e. The molecule has 2 heterocycles. The molecule has 6 nitrogen and oxygen atoms in total. The second-order valence-electron chi connectivity index (χ2n) is 7.15. The summed E-state index contributed by atoms with van der Waals surface area (Å²) in [6, 6.07) is 21.4. The predicted molar refractivity (Wildman–Crippen MR) is 117 cm³/mol. The first-order valence-electron chi connectivity index (χ1n) is 9.79. The fraction of sp³-hybridized carbons (Fsp3) is 0.0417. The summed E-state index contributed by atoms with van der Waals surface area (Å²) in [6.07, 6.45) is 1.63. The van der Waals surface area contributed by atoms with Gasteiger partial charge in [-0.15, -0.1) is 0 Å². The van der Waals surface area contributed by atoms with Gasteiger partial charge in [0.25, 0.3) is 5.91 Å². The van der Waals surface area contributed by atoms with Crippen LogP contribution in [0.2, 0.25) is 0 Å². The molecule has 5 rings (SSSR count). The Morgan fingerprint density at radius 2 is 1.81 bits per heavy atom. The minimum absolute atomic E-state index is 0.218. The average molecular weight is 411 g/mol. The smallest absolute Gasteiger partial charge is 0.251 e. The van der Waals surface area contributed by atoms with Crippen LogP contribution in [-0.2, 0) is 6.54 Å². The van der Waals surface area contributed by atoms with Gasteiger partial charge >= 0.3 is 0 Å². The molecule has 0 spiro atoms. The zero-order valence-corrected chi connectivity index (χ0v) is 16.4. The van der Waals surface area contributed by atoms with Crippen molar-refractivity contribution in [2.24, 2.45) is 0 Å². The van der Waals surface area contributed by atoms with Crippen LogP contribution < -0.4 is 5.32 Å². The highest BCUT2D eigenvalue weighted by atomic mass is 19.1. The molecule has 0 saturated carbocycles. The van der Waals surface area contributed by atoms with E-state index in [9.17, 15) is 9.18 Å². The number of halogens is 1. The molecule has 0 fully saturated rings. The number of hydrogen-bond donors (Lipinski definition) is 3. The third-order valence-corrected chi connectivity index (χ3v) is 5.06. The number of benzene rings is 3. The number of fused-ring (bicyclic) bond motifs is 1. The van der Waals surface area contributed by atoms with E-state index >= 15 is 0 Å². The number of amides is 1. The molecular weight excluding hydrogens is 393 g/mol. The number of nitrogens with one attached hydrogen (secondary N) is 3. The first-order valence-corrected chi connectivity index (χ1v) is 9.79. The van der Waals surface area contributed by atoms with E-state index in [-0.39, 0.29) is 18.3 Å². The molecule has 0 atom stereocenters. The molecular formula is C24H18FN5O. The van der Waals surface area contributed by atoms with E-state index < -0.39 is 0 Å². The number of nitrogens with zero attached hydrogens (tertiary/aromatic N) is 2. The van der Waals surface area contributed by atoms with Gasteiger partial charge in [0.15, 0.2) is 0 Å². The summed E-state index contributed by atoms with van der Waals surface area (Å²) in [5.41, 5.74) is 5.20. The Labute approximate surface area is 177 Å². The number of imidazole rings is 1. The Hall–Kier alpha value is -4.26. The summed E-state index contributed by atoms with van der Waals surface area (Å²) in [5, 5.41) is 9.82. The van der Waals surface area contributed by atoms with E-state index in [4.69, 9.17) is 0 Å². The average Bonchev–Trinajstić information content (AvgIpc) is 3.44. The molecule has 3 N–H and O–H groups in total. The van der Waals surface area contributed by atoms with E-state index in [2.05, 4.69) is 25.5 Å². The quantitative estimate of drug-likeness (QED) is 0.392. The molecule has 31 heavy (non-hydrogen) atoms. The summed E-state index contributed by atoms with van der Waals surface area (Å²) in [5.74, 6) is 0.209. The van der Waals surface area contributed by atoms with Crippen LogP contribution in [0.25, 0.3) is 33.7 Å². The summed E-state index contributed by atoms with van der Waals surface area (Å²) < 4.78 is 13.6. The summed E-state index contributed by atoms with van der Waals surface area (Å²) >= 11 is 0. The van der Waals surface area contributed by atoms with E-state index in [1.807, 2.05) is 36.4 Å². The first kappa shape index (κ1) is 18.7. The lowest BCUT2D eigenvalue weighted by atomic mass is 10.1. The Kier molecular flexibility index (Phi) is 4.76. The first-order chi connectivity index (χ1) is 15.2. The van der Waals surface area contributed by atoms with E-state index in [1.165, 1.54) is 12.1 Å². The van der Waals surface area contributed by atoms with Crippen LogP contribution in [0.15, 0.2) is 79.0 Å². The number of H-pyrrole nitrogens is 2. The molecule has 0 saturated heterocycles. The lowest BCUT2D eigenvalue weighted by Gasteiger charge is -2.06. The van der Waals surface area contributed by atoms with Crippen LogP contribution in [0.1, 0.15) is 15.9 Å². The highest BCUT2D eigenvalue weighted by molar-refractivity contribution is 5.97. The monoisotopic (exact) mass is 411 g/mol. The van der Waals surface area contributed by atoms with Gasteiger partial charge in [-0.05, 0) is 30.3 Å². The van der Waals surface area contributed by atoms with Crippen molar-refractivity contribution < 1.29 is 9.18 Å². The van der Waals surface area contributed by atoms with Crippen molar-refractivity contribution in [3.05, 3.63) is 95.9 Å². The molecule has 0 aliphatic rings. The number of carbonyl (C=O) groups is 1. The number of hydrogen-bond acceptors (Lipinski definition) is 3. The predicted octanol–water partition coefficient (Wildman–Crippen LogP) is 4.69. The minimum Gasteiger partial charge on any atom is -0.348 e. The third-order valence-electron chi connectivity index (χ3n) is 5.06. The van der Waals surface area contributed by atoms with Crippen molar-refractivity contribution >= 4 is 16.9 Å². The summed E-state index contributed by atoms with van der Waals surface area (Å²) in [4.78, 5) is 20.6. The number of rotatable bonds is 5. The second kappa shape index (κ2) is 7.87. The molecule has 0 aliphatic heterocycles. The van der Waals surface area contributed by atoms with Gasteiger partial charge in [-0.1, -0.05) is 42.5 Å². The van der Waals surface area contributed by atoms with Crippen molar-refractivity contribution in [1.29, 1.82) is 0 Å². The van der Waals surface area contributed by atoms with E-state index in [0.717, 1.165) is 28.0 Å². The van der Waals surface area contributed by atoms with Gasteiger partial charge in [0, 0.05) is 28.8 Å². The van der Waals surface area contributed by atoms with E-state index in [1.54, 1.807) is 30.5 Å². The van der Waals surface area contributed by atoms with Gasteiger partial charge in [-0.3, -0.25) is 9.89 Å². The standard InChI is InChI=1S/C24H18FN5O/c25-19-8-4-7-16(11-19)22-18(14-27-30-22)13-26-24(31)17-9-10-20-21(12-17)29-23(28-20)15-5-2-1-3-6-15/h1-12,14H,13H2,(H,26,31)(H,27,30)(H,28,29). The van der Waals surface area contributed by atoms with Crippen molar-refractivity contribution in [3.63, 3.8) is 0 Å². The lowest BCUT2D eigenvalue weighted by molar-refractivity contribution is 0.0951. The van der Waals surface area contributed by atoms with Crippen LogP contribution in [0.5, 0.6) is 0 Å². The zero-order valence-electron chi connectivity index (χ0n) is 16.4. The van der Waals surface area contributed by atoms with Crippen molar-refractivity contribution in [1.82, 2.24) is 25.5 Å². The molecule has 0 unspecified atom stereocenters. The Morgan fingerprint density at radius 3 is 2.65 bits per heavy atom. The van der Waals surface area contributed by atoms with Crippen LogP contribution in [0.3, 0.4) is 0 Å². The lowest BCUT2D eigenvalue weighted by Crippen LogP contribution is -2.22. The maximum absolute atomic E-state index is 13.6. The van der Waals surface area contributed by atoms with Crippen molar-refractivity contribution in [2.45, 2.75) is 6.54 Å². The van der Waals surface area contributed by atoms with Crippen LogP contribution in [0.4, 0.5) is 4.39 Å². The number of aromatic nitrogens is 4. The van der Waals surface area contributed by atoms with Gasteiger partial charge in [-0.25, -0.2) is 9.37 Å². The van der Waals surface area contributed by atoms with Gasteiger partial charge < -0.3 is 10.3 Å². The molecule has 0 aliphatic carbocycles. The topological polar surface area (TPSA) is 86.5 Å². The van der Waals surface area contributed by atoms with Crippen LogP contribution in [-0.4, -0.2) is 26.1 Å². The molecule has 3 aromatic carbocycles. The normalized spacial score (nSPS) is 11.0. The fourth-order valence-corrected chi connectivity index (χ4v) is 3.50. The molecule has 0 bridgehead atoms. The van der Waals surface area contributed by atoms with Crippen molar-refractivity contribution in [2.75, 3.05) is 0 Å². The molecule has 2 aromatic heterocycles. The minimum atomic E-state index is -0.329. The van der Waals surface area contributed by atoms with Gasteiger partial charge in [0.2, 0.25) is 0 Å². The highest BCUT2D eigenvalue weighted by Gasteiger charge is 2.13. The Morgan fingerprint density at radius 1 is 0.968 bits per heavy atom. The molecule has 1 amide bonds. The van der Waals surface area contributed by atoms with Gasteiger partial charge in [-0.2, -0.15) is 5.10 Å². The Balaban J connectivity index is 1.34. The number of carbonyl (C=O) groups excluding carboxylic acids is 1. The third kappa shape index (κ3) is 3.81. The maximum atomic E-state index is 13.6. The van der Waals surface area contributed by atoms with E-state index in [0.29, 0.717) is 16.8 Å². The molecule has 7 heteroatoms. The summed E-state index contributed by atoms with van der Waals surface area (Å²) in [6.45, 7) is 0.261. The SMILES string of the molecule is O=C(NCc1cn[nH]c1-c1cccc(F)c1)c1ccc2nc(-c3ccccc3)[nH]c2c1. The van der Waals surface area contributed by atoms with Crippen molar-refractivity contribution in [3.8, 4) is 22.6 Å². The van der Waals surface area contributed by atoms with Gasteiger partial charge in [0.1, 0.15) is 11.6 Å². The van der Waals surface area contributed by atoms with Crippen LogP contribution in [0, 0.1) is 5.82 Å². The molecule has 152 valence electrons. The van der Waals surface area contributed by atoms with Gasteiger partial charge in [0.05, 0.1) is 22.9 Å². The highest BCUT2D eigenvalue weighted by Crippen LogP contribution is 2.23. The fourth-order valence-electron chi connectivity index (χ4n) is 3.50. The molecule has 0 radical (unpaired) electrons. The summed E-state index contributed by atoms with van der Waals surface area (Å²) in [7, 11) is 0. The van der Waals surface area contributed by atoms with Crippen LogP contribution >= 0.6 is 0 Å².